The molecule has 16 heavy (non-hydrogen) atoms. The Hall–Kier alpha value is -1.32. The maximum Gasteiger partial charge on any atom is 0.266 e. The number of nitrogens with one attached hydrogen (secondary N) is 2. The first-order chi connectivity index (χ1) is 7.74. The number of hydrogen-bond donors (Lipinski definition) is 2. The summed E-state index contributed by atoms with van der Waals surface area (Å²) in [5, 5.41) is 9.49. The summed E-state index contributed by atoms with van der Waals surface area (Å²) in [5.74, 6) is 0. The van der Waals surface area contributed by atoms with Crippen molar-refractivity contribution < 1.29 is 0 Å². The Morgan fingerprint density at radius 3 is 2.88 bits per heavy atom. The Kier molecular flexibility index (Phi) is 3.27. The Morgan fingerprint density at radius 2 is 2.25 bits per heavy atom. The highest BCUT2D eigenvalue weighted by atomic mass is 16.1. The van der Waals surface area contributed by atoms with Crippen molar-refractivity contribution in [1.29, 1.82) is 0 Å². The molecule has 1 heterocycles. The lowest BCUT2D eigenvalue weighted by Gasteiger charge is -2.28. The predicted octanol–water partition coefficient (Wildman–Crippen LogP) is 2.15. The summed E-state index contributed by atoms with van der Waals surface area (Å²) in [6.45, 7) is 3.21. The molecular formula is C12H19N3O. The van der Waals surface area contributed by atoms with E-state index in [1.54, 1.807) is 12.3 Å². The van der Waals surface area contributed by atoms with Crippen LogP contribution in [0.25, 0.3) is 0 Å². The van der Waals surface area contributed by atoms with Gasteiger partial charge in [0.05, 0.1) is 11.9 Å². The van der Waals surface area contributed by atoms with Crippen LogP contribution in [0.2, 0.25) is 0 Å². The molecule has 0 radical (unpaired) electrons. The molecule has 4 nitrogen and oxygen atoms in total. The van der Waals surface area contributed by atoms with Gasteiger partial charge in [0.1, 0.15) is 0 Å². The number of rotatable bonds is 4. The van der Waals surface area contributed by atoms with Crippen LogP contribution in [0.5, 0.6) is 0 Å². The van der Waals surface area contributed by atoms with Gasteiger partial charge < -0.3 is 5.32 Å². The van der Waals surface area contributed by atoms with E-state index in [9.17, 15) is 4.79 Å². The van der Waals surface area contributed by atoms with Gasteiger partial charge in [-0.05, 0) is 24.7 Å². The molecule has 1 aromatic rings. The monoisotopic (exact) mass is 221 g/mol. The first kappa shape index (κ1) is 11.2. The van der Waals surface area contributed by atoms with Crippen molar-refractivity contribution in [3.05, 3.63) is 22.6 Å². The number of anilines is 1. The van der Waals surface area contributed by atoms with Gasteiger partial charge in [-0.2, -0.15) is 5.10 Å². The van der Waals surface area contributed by atoms with Crippen molar-refractivity contribution in [3.8, 4) is 0 Å². The Labute approximate surface area is 95.5 Å². The minimum Gasteiger partial charge on any atom is -0.383 e. The van der Waals surface area contributed by atoms with E-state index in [1.807, 2.05) is 0 Å². The molecule has 0 aromatic carbocycles. The molecule has 0 atom stereocenters. The third-order valence-electron chi connectivity index (χ3n) is 3.75. The minimum atomic E-state index is -0.151. The van der Waals surface area contributed by atoms with Crippen molar-refractivity contribution in [2.75, 3.05) is 11.9 Å². The SMILES string of the molecule is CCC1(CNc2cn[nH]c(=O)c2)CCCC1. The molecule has 2 N–H and O–H groups in total. The van der Waals surface area contributed by atoms with Gasteiger partial charge in [-0.3, -0.25) is 4.79 Å². The van der Waals surface area contributed by atoms with E-state index >= 15 is 0 Å². The average Bonchev–Trinajstić information content (AvgIpc) is 2.76. The smallest absolute Gasteiger partial charge is 0.266 e. The molecule has 1 fully saturated rings. The van der Waals surface area contributed by atoms with Gasteiger partial charge in [0.25, 0.3) is 5.56 Å². The fourth-order valence-electron chi connectivity index (χ4n) is 2.54. The second kappa shape index (κ2) is 4.68. The van der Waals surface area contributed by atoms with Crippen LogP contribution in [0, 0.1) is 5.41 Å². The lowest BCUT2D eigenvalue weighted by molar-refractivity contribution is 0.307. The fraction of sp³-hybridized carbons (Fsp3) is 0.667. The largest absolute Gasteiger partial charge is 0.383 e. The van der Waals surface area contributed by atoms with E-state index < -0.39 is 0 Å². The summed E-state index contributed by atoms with van der Waals surface area (Å²) in [6, 6.07) is 1.56. The Morgan fingerprint density at radius 1 is 1.50 bits per heavy atom. The van der Waals surface area contributed by atoms with Crippen molar-refractivity contribution in [3.63, 3.8) is 0 Å². The van der Waals surface area contributed by atoms with Gasteiger partial charge in [0.2, 0.25) is 0 Å². The third kappa shape index (κ3) is 2.43. The molecule has 0 unspecified atom stereocenters. The van der Waals surface area contributed by atoms with Crippen molar-refractivity contribution in [2.24, 2.45) is 5.41 Å². The van der Waals surface area contributed by atoms with Crippen molar-refractivity contribution in [1.82, 2.24) is 10.2 Å². The van der Waals surface area contributed by atoms with E-state index in [0.717, 1.165) is 12.2 Å². The standard InChI is InChI=1S/C12H19N3O/c1-2-12(5-3-4-6-12)9-13-10-7-11(16)15-14-8-10/h7-8H,2-6,9H2,1H3,(H2,13,15,16). The number of nitrogens with zero attached hydrogens (tertiary/aromatic N) is 1. The van der Waals surface area contributed by atoms with E-state index in [2.05, 4.69) is 22.4 Å². The normalized spacial score (nSPS) is 18.6. The van der Waals surface area contributed by atoms with E-state index in [-0.39, 0.29) is 5.56 Å². The number of aromatic nitrogens is 2. The molecule has 1 aliphatic carbocycles. The topological polar surface area (TPSA) is 57.8 Å². The molecule has 1 aliphatic rings. The predicted molar refractivity (Wildman–Crippen MR) is 64.5 cm³/mol. The van der Waals surface area contributed by atoms with Crippen LogP contribution in [0.1, 0.15) is 39.0 Å². The zero-order chi connectivity index (χ0) is 11.4. The van der Waals surface area contributed by atoms with E-state index in [0.29, 0.717) is 5.41 Å². The summed E-state index contributed by atoms with van der Waals surface area (Å²) in [5.41, 5.74) is 1.10. The lowest BCUT2D eigenvalue weighted by atomic mass is 9.83. The lowest BCUT2D eigenvalue weighted by Crippen LogP contribution is -2.26. The van der Waals surface area contributed by atoms with Crippen LogP contribution in [-0.4, -0.2) is 16.7 Å². The summed E-state index contributed by atoms with van der Waals surface area (Å²) >= 11 is 0. The first-order valence-electron chi connectivity index (χ1n) is 6.03. The second-order valence-corrected chi connectivity index (χ2v) is 4.75. The maximum atomic E-state index is 11.1. The second-order valence-electron chi connectivity index (χ2n) is 4.75. The van der Waals surface area contributed by atoms with Crippen LogP contribution in [0.3, 0.4) is 0 Å². The van der Waals surface area contributed by atoms with Crippen LogP contribution in [0.15, 0.2) is 17.1 Å². The van der Waals surface area contributed by atoms with E-state index in [4.69, 9.17) is 0 Å². The van der Waals surface area contributed by atoms with Crippen molar-refractivity contribution in [2.45, 2.75) is 39.0 Å². The van der Waals surface area contributed by atoms with Gasteiger partial charge in [0.15, 0.2) is 0 Å². The molecule has 1 saturated carbocycles. The van der Waals surface area contributed by atoms with Crippen LogP contribution in [-0.2, 0) is 0 Å². The summed E-state index contributed by atoms with van der Waals surface area (Å²) < 4.78 is 0. The van der Waals surface area contributed by atoms with Gasteiger partial charge in [-0.25, -0.2) is 5.10 Å². The number of aromatic amines is 1. The highest BCUT2D eigenvalue weighted by molar-refractivity contribution is 5.38. The molecule has 0 bridgehead atoms. The zero-order valence-electron chi connectivity index (χ0n) is 9.75. The summed E-state index contributed by atoms with van der Waals surface area (Å²) in [4.78, 5) is 11.1. The van der Waals surface area contributed by atoms with Crippen LogP contribution < -0.4 is 10.9 Å². The van der Waals surface area contributed by atoms with Crippen LogP contribution >= 0.6 is 0 Å². The highest BCUT2D eigenvalue weighted by Crippen LogP contribution is 2.40. The molecule has 88 valence electrons. The highest BCUT2D eigenvalue weighted by Gasteiger charge is 2.31. The zero-order valence-corrected chi connectivity index (χ0v) is 9.75. The number of H-pyrrole nitrogens is 1. The molecule has 2 rings (SSSR count). The molecule has 0 amide bonds. The summed E-state index contributed by atoms with van der Waals surface area (Å²) in [7, 11) is 0. The molecule has 0 aliphatic heterocycles. The Bertz CT molecular complexity index is 393. The third-order valence-corrected chi connectivity index (χ3v) is 3.75. The molecule has 1 aromatic heterocycles. The quantitative estimate of drug-likeness (QED) is 0.819. The molecular weight excluding hydrogens is 202 g/mol. The average molecular weight is 221 g/mol. The minimum absolute atomic E-state index is 0.151. The maximum absolute atomic E-state index is 11.1. The van der Waals surface area contributed by atoms with Gasteiger partial charge in [-0.15, -0.1) is 0 Å². The Balaban J connectivity index is 1.98. The van der Waals surface area contributed by atoms with Crippen molar-refractivity contribution >= 4 is 5.69 Å². The van der Waals surface area contributed by atoms with Gasteiger partial charge in [-0.1, -0.05) is 19.8 Å². The molecule has 0 saturated heterocycles. The molecule has 4 heteroatoms. The van der Waals surface area contributed by atoms with E-state index in [1.165, 1.54) is 32.1 Å². The first-order valence-corrected chi connectivity index (χ1v) is 6.03. The fourth-order valence-corrected chi connectivity index (χ4v) is 2.54. The summed E-state index contributed by atoms with van der Waals surface area (Å²) in [6.07, 6.45) is 8.14. The van der Waals surface area contributed by atoms with Gasteiger partial charge in [0, 0.05) is 12.6 Å². The van der Waals surface area contributed by atoms with Gasteiger partial charge >= 0.3 is 0 Å². The van der Waals surface area contributed by atoms with Crippen LogP contribution in [0.4, 0.5) is 5.69 Å². The molecule has 0 spiro atoms. The number of hydrogen-bond acceptors (Lipinski definition) is 3.